The molecule has 0 bridgehead atoms. The summed E-state index contributed by atoms with van der Waals surface area (Å²) in [5.74, 6) is 0.110. The van der Waals surface area contributed by atoms with Crippen LogP contribution in [0.5, 0.6) is 11.5 Å². The van der Waals surface area contributed by atoms with Crippen molar-refractivity contribution in [2.45, 2.75) is 6.92 Å². The first-order valence-corrected chi connectivity index (χ1v) is 6.25. The van der Waals surface area contributed by atoms with Crippen molar-refractivity contribution in [2.24, 2.45) is 0 Å². The third-order valence-corrected chi connectivity index (χ3v) is 3.50. The molecule has 0 fully saturated rings. The molecule has 0 aliphatic carbocycles. The Kier molecular flexibility index (Phi) is 3.71. The monoisotopic (exact) mass is 280 g/mol. The minimum Gasteiger partial charge on any atom is -0.496 e. The molecule has 0 aliphatic rings. The third kappa shape index (κ3) is 2.68. The minimum absolute atomic E-state index is 0.384. The standard InChI is InChI=1S/C13H12O5S/c1-7(14)18-8-4-10(16-2)9-6-12(13(15)17-3)19-11(9)5-8/h4-6H,1-3H3. The lowest BCUT2D eigenvalue weighted by Crippen LogP contribution is -2.01. The van der Waals surface area contributed by atoms with Crippen molar-refractivity contribution < 1.29 is 23.8 Å². The highest BCUT2D eigenvalue weighted by Gasteiger charge is 2.15. The lowest BCUT2D eigenvalue weighted by molar-refractivity contribution is -0.131. The summed E-state index contributed by atoms with van der Waals surface area (Å²) in [5, 5.41) is 0.781. The van der Waals surface area contributed by atoms with Gasteiger partial charge in [-0.1, -0.05) is 0 Å². The van der Waals surface area contributed by atoms with Gasteiger partial charge in [0.2, 0.25) is 0 Å². The van der Waals surface area contributed by atoms with E-state index in [2.05, 4.69) is 4.74 Å². The van der Waals surface area contributed by atoms with Crippen molar-refractivity contribution in [2.75, 3.05) is 14.2 Å². The maximum absolute atomic E-state index is 11.5. The van der Waals surface area contributed by atoms with Crippen LogP contribution in [0.1, 0.15) is 16.6 Å². The Hall–Kier alpha value is -2.08. The molecule has 6 heteroatoms. The largest absolute Gasteiger partial charge is 0.496 e. The van der Waals surface area contributed by atoms with E-state index < -0.39 is 11.9 Å². The average Bonchev–Trinajstić information content (AvgIpc) is 2.79. The number of methoxy groups -OCH3 is 2. The van der Waals surface area contributed by atoms with Gasteiger partial charge in [-0.05, 0) is 12.1 Å². The van der Waals surface area contributed by atoms with Crippen LogP contribution in [0.3, 0.4) is 0 Å². The Labute approximate surface area is 113 Å². The van der Waals surface area contributed by atoms with Crippen LogP contribution in [-0.4, -0.2) is 26.2 Å². The minimum atomic E-state index is -0.411. The lowest BCUT2D eigenvalue weighted by atomic mass is 10.2. The van der Waals surface area contributed by atoms with E-state index in [0.29, 0.717) is 16.4 Å². The summed E-state index contributed by atoms with van der Waals surface area (Å²) >= 11 is 1.25. The van der Waals surface area contributed by atoms with Crippen LogP contribution in [0.25, 0.3) is 10.1 Å². The number of ether oxygens (including phenoxy) is 3. The SMILES string of the molecule is COC(=O)c1cc2c(OC)cc(OC(C)=O)cc2s1. The van der Waals surface area contributed by atoms with Crippen LogP contribution in [0.15, 0.2) is 18.2 Å². The van der Waals surface area contributed by atoms with E-state index in [-0.39, 0.29) is 0 Å². The molecule has 0 atom stereocenters. The summed E-state index contributed by atoms with van der Waals surface area (Å²) in [5.41, 5.74) is 0. The lowest BCUT2D eigenvalue weighted by Gasteiger charge is -2.05. The van der Waals surface area contributed by atoms with Crippen LogP contribution in [0.4, 0.5) is 0 Å². The zero-order valence-electron chi connectivity index (χ0n) is 10.7. The molecule has 0 N–H and O–H groups in total. The van der Waals surface area contributed by atoms with E-state index in [1.54, 1.807) is 18.2 Å². The number of esters is 2. The van der Waals surface area contributed by atoms with Crippen molar-refractivity contribution >= 4 is 33.4 Å². The second-order valence-corrected chi connectivity index (χ2v) is 4.82. The van der Waals surface area contributed by atoms with Crippen LogP contribution in [0.2, 0.25) is 0 Å². The predicted molar refractivity (Wildman–Crippen MR) is 71.0 cm³/mol. The Bertz CT molecular complexity index is 644. The molecule has 0 radical (unpaired) electrons. The fourth-order valence-electron chi connectivity index (χ4n) is 1.68. The van der Waals surface area contributed by atoms with Gasteiger partial charge in [0.15, 0.2) is 0 Å². The molecular formula is C13H12O5S. The first-order valence-electron chi connectivity index (χ1n) is 5.43. The highest BCUT2D eigenvalue weighted by molar-refractivity contribution is 7.20. The van der Waals surface area contributed by atoms with Crippen molar-refractivity contribution in [3.8, 4) is 11.5 Å². The zero-order valence-corrected chi connectivity index (χ0v) is 11.5. The van der Waals surface area contributed by atoms with Gasteiger partial charge in [-0.25, -0.2) is 4.79 Å². The summed E-state index contributed by atoms with van der Waals surface area (Å²) in [6, 6.07) is 5.00. The number of carbonyl (C=O) groups is 2. The number of fused-ring (bicyclic) bond motifs is 1. The van der Waals surface area contributed by atoms with Gasteiger partial charge in [0.1, 0.15) is 16.4 Å². The van der Waals surface area contributed by atoms with Gasteiger partial charge in [0, 0.05) is 23.1 Å². The molecule has 100 valence electrons. The van der Waals surface area contributed by atoms with Gasteiger partial charge in [-0.15, -0.1) is 11.3 Å². The first-order chi connectivity index (χ1) is 9.05. The predicted octanol–water partition coefficient (Wildman–Crippen LogP) is 2.62. The summed E-state index contributed by atoms with van der Waals surface area (Å²) in [7, 11) is 2.84. The summed E-state index contributed by atoms with van der Waals surface area (Å²) in [6.07, 6.45) is 0. The number of carbonyl (C=O) groups excluding carboxylic acids is 2. The number of thiophene rings is 1. The van der Waals surface area contributed by atoms with E-state index in [1.807, 2.05) is 0 Å². The smallest absolute Gasteiger partial charge is 0.348 e. The molecule has 5 nitrogen and oxygen atoms in total. The van der Waals surface area contributed by atoms with Gasteiger partial charge >= 0.3 is 11.9 Å². The highest BCUT2D eigenvalue weighted by atomic mass is 32.1. The molecule has 0 saturated carbocycles. The molecule has 2 rings (SSSR count). The van der Waals surface area contributed by atoms with E-state index in [9.17, 15) is 9.59 Å². The first kappa shape index (κ1) is 13.4. The number of hydrogen-bond donors (Lipinski definition) is 0. The second-order valence-electron chi connectivity index (χ2n) is 3.73. The van der Waals surface area contributed by atoms with Crippen LogP contribution >= 0.6 is 11.3 Å². The molecule has 2 aromatic rings. The number of benzene rings is 1. The zero-order chi connectivity index (χ0) is 14.0. The van der Waals surface area contributed by atoms with Crippen molar-refractivity contribution in [3.63, 3.8) is 0 Å². The number of rotatable bonds is 3. The third-order valence-electron chi connectivity index (χ3n) is 2.44. The number of hydrogen-bond acceptors (Lipinski definition) is 6. The van der Waals surface area contributed by atoms with E-state index in [4.69, 9.17) is 9.47 Å². The maximum atomic E-state index is 11.5. The fourth-order valence-corrected chi connectivity index (χ4v) is 2.70. The van der Waals surface area contributed by atoms with Gasteiger partial charge in [0.25, 0.3) is 0 Å². The van der Waals surface area contributed by atoms with E-state index >= 15 is 0 Å². The molecule has 0 saturated heterocycles. The molecule has 0 spiro atoms. The van der Waals surface area contributed by atoms with Crippen LogP contribution in [-0.2, 0) is 9.53 Å². The molecular weight excluding hydrogens is 268 g/mol. The van der Waals surface area contributed by atoms with Gasteiger partial charge in [-0.2, -0.15) is 0 Å². The van der Waals surface area contributed by atoms with Crippen molar-refractivity contribution in [1.82, 2.24) is 0 Å². The summed E-state index contributed by atoms with van der Waals surface area (Å²) in [4.78, 5) is 23.0. The molecule has 0 amide bonds. The topological polar surface area (TPSA) is 61.8 Å². The molecule has 0 unspecified atom stereocenters. The second kappa shape index (κ2) is 5.27. The van der Waals surface area contributed by atoms with Crippen LogP contribution in [0, 0.1) is 0 Å². The van der Waals surface area contributed by atoms with Gasteiger partial charge in [-0.3, -0.25) is 4.79 Å². The average molecular weight is 280 g/mol. The van der Waals surface area contributed by atoms with Crippen molar-refractivity contribution in [1.29, 1.82) is 0 Å². The Morgan fingerprint density at radius 2 is 1.89 bits per heavy atom. The Balaban J connectivity index is 2.56. The molecule has 19 heavy (non-hydrogen) atoms. The van der Waals surface area contributed by atoms with E-state index in [0.717, 1.165) is 10.1 Å². The maximum Gasteiger partial charge on any atom is 0.348 e. The van der Waals surface area contributed by atoms with E-state index in [1.165, 1.54) is 32.5 Å². The molecule has 1 aromatic heterocycles. The van der Waals surface area contributed by atoms with Crippen LogP contribution < -0.4 is 9.47 Å². The molecule has 1 heterocycles. The Morgan fingerprint density at radius 3 is 2.47 bits per heavy atom. The highest BCUT2D eigenvalue weighted by Crippen LogP contribution is 2.37. The Morgan fingerprint density at radius 1 is 1.16 bits per heavy atom. The summed E-state index contributed by atoms with van der Waals surface area (Å²) < 4.78 is 15.7. The van der Waals surface area contributed by atoms with Gasteiger partial charge < -0.3 is 14.2 Å². The van der Waals surface area contributed by atoms with Gasteiger partial charge in [0.05, 0.1) is 14.2 Å². The fraction of sp³-hybridized carbons (Fsp3) is 0.231. The molecule has 0 aliphatic heterocycles. The normalized spacial score (nSPS) is 10.3. The molecule has 1 aromatic carbocycles. The quantitative estimate of drug-likeness (QED) is 0.639. The van der Waals surface area contributed by atoms with Crippen molar-refractivity contribution in [3.05, 3.63) is 23.1 Å². The summed E-state index contributed by atoms with van der Waals surface area (Å²) in [6.45, 7) is 1.32.